The third kappa shape index (κ3) is 1.57. The summed E-state index contributed by atoms with van der Waals surface area (Å²) < 4.78 is 0. The van der Waals surface area contributed by atoms with Gasteiger partial charge in [-0.05, 0) is 25.0 Å². The minimum atomic E-state index is -0.344. The summed E-state index contributed by atoms with van der Waals surface area (Å²) in [5.41, 5.74) is 4.04. The highest BCUT2D eigenvalue weighted by atomic mass is 16.3. The molecule has 1 heterocycles. The van der Waals surface area contributed by atoms with Crippen molar-refractivity contribution in [1.29, 1.82) is 0 Å². The van der Waals surface area contributed by atoms with Crippen molar-refractivity contribution in [3.8, 4) is 0 Å². The molecular weight excluding hydrogens is 216 g/mol. The number of aromatic nitrogens is 2. The SMILES string of the molecule is OC/C(O)=C1\CCc2nc3ccccc3nc21. The van der Waals surface area contributed by atoms with E-state index in [9.17, 15) is 5.11 Å². The maximum atomic E-state index is 9.64. The lowest BCUT2D eigenvalue weighted by Gasteiger charge is -2.04. The fraction of sp³-hybridized carbons (Fsp3) is 0.231. The van der Waals surface area contributed by atoms with Crippen molar-refractivity contribution < 1.29 is 10.2 Å². The predicted octanol–water partition coefficient (Wildman–Crippen LogP) is 1.84. The summed E-state index contributed by atoms with van der Waals surface area (Å²) in [5, 5.41) is 18.6. The van der Waals surface area contributed by atoms with Crippen LogP contribution >= 0.6 is 0 Å². The molecule has 0 amide bonds. The van der Waals surface area contributed by atoms with Crippen molar-refractivity contribution in [2.45, 2.75) is 12.8 Å². The Morgan fingerprint density at radius 3 is 2.53 bits per heavy atom. The van der Waals surface area contributed by atoms with Crippen LogP contribution in [0.1, 0.15) is 17.8 Å². The summed E-state index contributed by atoms with van der Waals surface area (Å²) in [5.74, 6) is 0.00771. The third-order valence-electron chi connectivity index (χ3n) is 3.04. The van der Waals surface area contributed by atoms with Crippen LogP contribution in [0.15, 0.2) is 30.0 Å². The van der Waals surface area contributed by atoms with Crippen LogP contribution in [0.25, 0.3) is 16.6 Å². The van der Waals surface area contributed by atoms with Gasteiger partial charge < -0.3 is 10.2 Å². The zero-order valence-electron chi connectivity index (χ0n) is 9.22. The fourth-order valence-electron chi connectivity index (χ4n) is 2.19. The molecule has 4 heteroatoms. The predicted molar refractivity (Wildman–Crippen MR) is 64.5 cm³/mol. The fourth-order valence-corrected chi connectivity index (χ4v) is 2.19. The second-order valence-electron chi connectivity index (χ2n) is 4.09. The number of aryl methyl sites for hydroxylation is 1. The smallest absolute Gasteiger partial charge is 0.123 e. The lowest BCUT2D eigenvalue weighted by molar-refractivity contribution is 0.254. The highest BCUT2D eigenvalue weighted by Gasteiger charge is 2.23. The first-order valence-corrected chi connectivity index (χ1v) is 5.57. The molecule has 1 aliphatic carbocycles. The normalized spacial score (nSPS) is 17.2. The van der Waals surface area contributed by atoms with Crippen molar-refractivity contribution in [2.24, 2.45) is 0 Å². The molecule has 17 heavy (non-hydrogen) atoms. The van der Waals surface area contributed by atoms with Crippen LogP contribution in [0.4, 0.5) is 0 Å². The van der Waals surface area contributed by atoms with Crippen LogP contribution in [0, 0.1) is 0 Å². The van der Waals surface area contributed by atoms with E-state index < -0.39 is 0 Å². The largest absolute Gasteiger partial charge is 0.509 e. The first kappa shape index (κ1) is 10.2. The topological polar surface area (TPSA) is 66.2 Å². The van der Waals surface area contributed by atoms with E-state index in [-0.39, 0.29) is 12.4 Å². The first-order valence-electron chi connectivity index (χ1n) is 5.57. The highest BCUT2D eigenvalue weighted by molar-refractivity contribution is 5.79. The maximum Gasteiger partial charge on any atom is 0.123 e. The highest BCUT2D eigenvalue weighted by Crippen LogP contribution is 2.32. The van der Waals surface area contributed by atoms with Gasteiger partial charge in [-0.3, -0.25) is 0 Å². The molecule has 0 atom stereocenters. The molecule has 0 radical (unpaired) electrons. The molecule has 0 bridgehead atoms. The zero-order chi connectivity index (χ0) is 11.8. The molecule has 1 aromatic carbocycles. The van der Waals surface area contributed by atoms with Gasteiger partial charge in [0.1, 0.15) is 12.4 Å². The van der Waals surface area contributed by atoms with E-state index in [1.807, 2.05) is 24.3 Å². The minimum absolute atomic E-state index is 0.00771. The summed E-state index contributed by atoms with van der Waals surface area (Å²) >= 11 is 0. The Bertz CT molecular complexity index is 620. The minimum Gasteiger partial charge on any atom is -0.509 e. The molecule has 1 aromatic heterocycles. The van der Waals surface area contributed by atoms with Gasteiger partial charge in [0.25, 0.3) is 0 Å². The van der Waals surface area contributed by atoms with Gasteiger partial charge in [-0.15, -0.1) is 0 Å². The second kappa shape index (κ2) is 3.82. The van der Waals surface area contributed by atoms with Gasteiger partial charge in [-0.1, -0.05) is 12.1 Å². The molecular formula is C13H12N2O2. The number of aliphatic hydroxyl groups excluding tert-OH is 2. The molecule has 4 nitrogen and oxygen atoms in total. The standard InChI is InChI=1S/C13H12N2O2/c16-7-12(17)8-5-6-11-13(8)15-10-4-2-1-3-9(10)14-11/h1-4,16-17H,5-7H2/b12-8-. The Kier molecular flexibility index (Phi) is 2.30. The van der Waals surface area contributed by atoms with E-state index in [4.69, 9.17) is 5.11 Å². The van der Waals surface area contributed by atoms with E-state index in [1.165, 1.54) is 0 Å². The van der Waals surface area contributed by atoms with Crippen LogP contribution in [-0.2, 0) is 6.42 Å². The Hall–Kier alpha value is -1.94. The molecule has 2 N–H and O–H groups in total. The first-order chi connectivity index (χ1) is 8.29. The molecule has 0 fully saturated rings. The molecule has 0 spiro atoms. The monoisotopic (exact) mass is 228 g/mol. The van der Waals surface area contributed by atoms with Crippen LogP contribution < -0.4 is 0 Å². The van der Waals surface area contributed by atoms with Crippen LogP contribution in [0.3, 0.4) is 0 Å². The summed E-state index contributed by atoms with van der Waals surface area (Å²) in [6, 6.07) is 7.67. The summed E-state index contributed by atoms with van der Waals surface area (Å²) in [6.07, 6.45) is 1.46. The lowest BCUT2D eigenvalue weighted by Crippen LogP contribution is -1.97. The molecule has 2 aromatic rings. The second-order valence-corrected chi connectivity index (χ2v) is 4.09. The molecule has 0 saturated carbocycles. The molecule has 3 rings (SSSR count). The summed E-state index contributed by atoms with van der Waals surface area (Å²) in [6.45, 7) is -0.344. The van der Waals surface area contributed by atoms with Gasteiger partial charge in [0.2, 0.25) is 0 Å². The number of nitrogens with zero attached hydrogens (tertiary/aromatic N) is 2. The molecule has 86 valence electrons. The Morgan fingerprint density at radius 1 is 1.12 bits per heavy atom. The van der Waals surface area contributed by atoms with E-state index in [2.05, 4.69) is 9.97 Å². The van der Waals surface area contributed by atoms with Gasteiger partial charge in [0.05, 0.1) is 22.4 Å². The van der Waals surface area contributed by atoms with E-state index in [1.54, 1.807) is 0 Å². The van der Waals surface area contributed by atoms with Crippen molar-refractivity contribution in [2.75, 3.05) is 6.61 Å². The third-order valence-corrected chi connectivity index (χ3v) is 3.04. The molecule has 0 unspecified atom stereocenters. The van der Waals surface area contributed by atoms with Gasteiger partial charge in [-0.25, -0.2) is 9.97 Å². The Morgan fingerprint density at radius 2 is 1.82 bits per heavy atom. The average Bonchev–Trinajstić information content (AvgIpc) is 2.78. The van der Waals surface area contributed by atoms with Gasteiger partial charge in [0, 0.05) is 5.57 Å². The van der Waals surface area contributed by atoms with Gasteiger partial charge in [0.15, 0.2) is 0 Å². The molecule has 0 aliphatic heterocycles. The summed E-state index contributed by atoms with van der Waals surface area (Å²) in [7, 11) is 0. The number of benzene rings is 1. The van der Waals surface area contributed by atoms with E-state index in [0.717, 1.165) is 34.4 Å². The van der Waals surface area contributed by atoms with Gasteiger partial charge in [-0.2, -0.15) is 0 Å². The van der Waals surface area contributed by atoms with Crippen molar-refractivity contribution >= 4 is 16.6 Å². The van der Waals surface area contributed by atoms with Crippen LogP contribution in [-0.4, -0.2) is 26.8 Å². The van der Waals surface area contributed by atoms with E-state index >= 15 is 0 Å². The summed E-state index contributed by atoms with van der Waals surface area (Å²) in [4.78, 5) is 9.05. The molecule has 1 aliphatic rings. The molecule has 0 saturated heterocycles. The number of fused-ring (bicyclic) bond motifs is 2. The zero-order valence-corrected chi connectivity index (χ0v) is 9.22. The maximum absolute atomic E-state index is 9.64. The number of hydrogen-bond donors (Lipinski definition) is 2. The lowest BCUT2D eigenvalue weighted by atomic mass is 10.2. The number of rotatable bonds is 1. The number of allylic oxidation sites excluding steroid dienone is 1. The number of hydrogen-bond acceptors (Lipinski definition) is 4. The number of aliphatic hydroxyl groups is 2. The number of para-hydroxylation sites is 2. The van der Waals surface area contributed by atoms with Crippen molar-refractivity contribution in [3.05, 3.63) is 41.4 Å². The van der Waals surface area contributed by atoms with Crippen molar-refractivity contribution in [3.63, 3.8) is 0 Å². The quantitative estimate of drug-likeness (QED) is 0.731. The van der Waals surface area contributed by atoms with E-state index in [0.29, 0.717) is 6.42 Å². The van der Waals surface area contributed by atoms with Crippen LogP contribution in [0.5, 0.6) is 0 Å². The van der Waals surface area contributed by atoms with Crippen molar-refractivity contribution in [1.82, 2.24) is 9.97 Å². The average molecular weight is 228 g/mol. The Labute approximate surface area is 98.3 Å². The Balaban J connectivity index is 2.25. The van der Waals surface area contributed by atoms with Gasteiger partial charge >= 0.3 is 0 Å². The van der Waals surface area contributed by atoms with Crippen LogP contribution in [0.2, 0.25) is 0 Å².